The summed E-state index contributed by atoms with van der Waals surface area (Å²) in [6.07, 6.45) is 4.44. The minimum absolute atomic E-state index is 0.285. The highest BCUT2D eigenvalue weighted by Crippen LogP contribution is 2.16. The predicted octanol–water partition coefficient (Wildman–Crippen LogP) is 1.53. The molecule has 2 unspecified atom stereocenters. The molecule has 0 amide bonds. The average Bonchev–Trinajstić information content (AvgIpc) is 2.70. The van der Waals surface area contributed by atoms with E-state index in [1.807, 2.05) is 24.5 Å². The first kappa shape index (κ1) is 12.4. The van der Waals surface area contributed by atoms with Crippen LogP contribution in [0.25, 0.3) is 5.65 Å². The molecule has 5 heteroatoms. The second kappa shape index (κ2) is 4.83. The third kappa shape index (κ3) is 2.57. The van der Waals surface area contributed by atoms with Crippen LogP contribution in [0.3, 0.4) is 0 Å². The molecule has 1 fully saturated rings. The van der Waals surface area contributed by atoms with Crippen LogP contribution in [0.2, 0.25) is 0 Å². The standard InChI is InChI=1S/C14H20N4O/c1-10-6-17(7-11(2)19-10)9-13-5-16-14-4-3-12(15)8-18(13)14/h3-5,8,10-11H,6-7,9,15H2,1-2H3. The topological polar surface area (TPSA) is 55.8 Å². The molecule has 0 bridgehead atoms. The normalized spacial score (nSPS) is 24.9. The lowest BCUT2D eigenvalue weighted by Crippen LogP contribution is -2.44. The maximum Gasteiger partial charge on any atom is 0.137 e. The lowest BCUT2D eigenvalue weighted by atomic mass is 10.2. The molecule has 0 spiro atoms. The molecule has 2 atom stereocenters. The molecule has 5 nitrogen and oxygen atoms in total. The lowest BCUT2D eigenvalue weighted by molar-refractivity contribution is -0.0708. The number of hydrogen-bond donors (Lipinski definition) is 1. The van der Waals surface area contributed by atoms with Crippen LogP contribution in [0.5, 0.6) is 0 Å². The van der Waals surface area contributed by atoms with Crippen molar-refractivity contribution >= 4 is 11.3 Å². The van der Waals surface area contributed by atoms with E-state index in [1.165, 1.54) is 5.69 Å². The molecule has 19 heavy (non-hydrogen) atoms. The number of nitrogen functional groups attached to an aromatic ring is 1. The lowest BCUT2D eigenvalue weighted by Gasteiger charge is -2.35. The van der Waals surface area contributed by atoms with Gasteiger partial charge in [-0.2, -0.15) is 0 Å². The number of imidazole rings is 1. The van der Waals surface area contributed by atoms with Gasteiger partial charge < -0.3 is 14.9 Å². The van der Waals surface area contributed by atoms with E-state index in [2.05, 4.69) is 28.1 Å². The van der Waals surface area contributed by atoms with Gasteiger partial charge >= 0.3 is 0 Å². The Kier molecular flexibility index (Phi) is 3.16. The Morgan fingerprint density at radius 1 is 1.32 bits per heavy atom. The maximum atomic E-state index is 5.85. The van der Waals surface area contributed by atoms with E-state index in [0.717, 1.165) is 31.0 Å². The molecule has 3 heterocycles. The van der Waals surface area contributed by atoms with Crippen molar-refractivity contribution in [3.05, 3.63) is 30.2 Å². The molecule has 2 aromatic rings. The predicted molar refractivity (Wildman–Crippen MR) is 74.9 cm³/mol. The summed E-state index contributed by atoms with van der Waals surface area (Å²) in [5.41, 5.74) is 8.72. The van der Waals surface area contributed by atoms with Gasteiger partial charge in [0.2, 0.25) is 0 Å². The van der Waals surface area contributed by atoms with Gasteiger partial charge in [-0.1, -0.05) is 0 Å². The van der Waals surface area contributed by atoms with Gasteiger partial charge in [-0.15, -0.1) is 0 Å². The summed E-state index contributed by atoms with van der Waals surface area (Å²) in [5, 5.41) is 0. The number of aromatic nitrogens is 2. The monoisotopic (exact) mass is 260 g/mol. The first-order chi connectivity index (χ1) is 9.11. The van der Waals surface area contributed by atoms with Gasteiger partial charge in [0, 0.05) is 31.5 Å². The van der Waals surface area contributed by atoms with Crippen LogP contribution in [0, 0.1) is 0 Å². The van der Waals surface area contributed by atoms with Crippen LogP contribution in [0.15, 0.2) is 24.5 Å². The van der Waals surface area contributed by atoms with Crippen molar-refractivity contribution in [3.8, 4) is 0 Å². The Morgan fingerprint density at radius 2 is 2.05 bits per heavy atom. The smallest absolute Gasteiger partial charge is 0.137 e. The number of rotatable bonds is 2. The van der Waals surface area contributed by atoms with Crippen LogP contribution >= 0.6 is 0 Å². The highest BCUT2D eigenvalue weighted by molar-refractivity contribution is 5.48. The molecule has 2 N–H and O–H groups in total. The zero-order valence-electron chi connectivity index (χ0n) is 11.4. The Hall–Kier alpha value is -1.59. The number of anilines is 1. The van der Waals surface area contributed by atoms with Crippen LogP contribution in [-0.2, 0) is 11.3 Å². The van der Waals surface area contributed by atoms with Crippen molar-refractivity contribution in [2.75, 3.05) is 18.8 Å². The van der Waals surface area contributed by atoms with E-state index in [1.54, 1.807) is 0 Å². The fraction of sp³-hybridized carbons (Fsp3) is 0.500. The van der Waals surface area contributed by atoms with Gasteiger partial charge in [0.25, 0.3) is 0 Å². The van der Waals surface area contributed by atoms with E-state index >= 15 is 0 Å². The summed E-state index contributed by atoms with van der Waals surface area (Å²) in [6.45, 7) is 7.03. The Morgan fingerprint density at radius 3 is 2.79 bits per heavy atom. The van der Waals surface area contributed by atoms with Gasteiger partial charge in [0.1, 0.15) is 5.65 Å². The molecule has 2 aromatic heterocycles. The van der Waals surface area contributed by atoms with E-state index in [4.69, 9.17) is 10.5 Å². The van der Waals surface area contributed by atoms with Gasteiger partial charge in [-0.05, 0) is 26.0 Å². The summed E-state index contributed by atoms with van der Waals surface area (Å²) in [5.74, 6) is 0. The van der Waals surface area contributed by atoms with Crippen LogP contribution in [0.1, 0.15) is 19.5 Å². The van der Waals surface area contributed by atoms with Crippen molar-refractivity contribution in [2.24, 2.45) is 0 Å². The van der Waals surface area contributed by atoms with Crippen molar-refractivity contribution in [3.63, 3.8) is 0 Å². The third-order valence-electron chi connectivity index (χ3n) is 3.49. The summed E-state index contributed by atoms with van der Waals surface area (Å²) < 4.78 is 7.83. The van der Waals surface area contributed by atoms with Crippen molar-refractivity contribution in [1.82, 2.24) is 14.3 Å². The third-order valence-corrected chi connectivity index (χ3v) is 3.49. The molecule has 102 valence electrons. The number of hydrogen-bond acceptors (Lipinski definition) is 4. The van der Waals surface area contributed by atoms with Gasteiger partial charge in [-0.25, -0.2) is 4.98 Å². The molecule has 1 aliphatic rings. The Balaban J connectivity index is 1.83. The number of morpholine rings is 1. The molecular weight excluding hydrogens is 240 g/mol. The number of ether oxygens (including phenoxy) is 1. The zero-order valence-corrected chi connectivity index (χ0v) is 11.4. The fourth-order valence-electron chi connectivity index (χ4n) is 2.81. The van der Waals surface area contributed by atoms with E-state index < -0.39 is 0 Å². The minimum Gasteiger partial charge on any atom is -0.398 e. The SMILES string of the molecule is CC1CN(Cc2cnc3ccc(N)cn23)CC(C)O1. The fourth-order valence-corrected chi connectivity index (χ4v) is 2.81. The molecule has 3 rings (SSSR count). The summed E-state index contributed by atoms with van der Waals surface area (Å²) in [7, 11) is 0. The van der Waals surface area contributed by atoms with Crippen LogP contribution in [-0.4, -0.2) is 39.6 Å². The number of fused-ring (bicyclic) bond motifs is 1. The highest BCUT2D eigenvalue weighted by Gasteiger charge is 2.22. The molecule has 0 aliphatic carbocycles. The van der Waals surface area contributed by atoms with Crippen molar-refractivity contribution in [1.29, 1.82) is 0 Å². The molecule has 1 aliphatic heterocycles. The average molecular weight is 260 g/mol. The zero-order chi connectivity index (χ0) is 13.4. The second-order valence-electron chi connectivity index (χ2n) is 5.39. The molecule has 0 aromatic carbocycles. The maximum absolute atomic E-state index is 5.85. The minimum atomic E-state index is 0.285. The Labute approximate surface area is 113 Å². The first-order valence-corrected chi connectivity index (χ1v) is 6.71. The highest BCUT2D eigenvalue weighted by atomic mass is 16.5. The molecular formula is C14H20N4O. The number of pyridine rings is 1. The van der Waals surface area contributed by atoms with Crippen LogP contribution < -0.4 is 5.73 Å². The van der Waals surface area contributed by atoms with E-state index in [-0.39, 0.29) is 12.2 Å². The van der Waals surface area contributed by atoms with Crippen LogP contribution in [0.4, 0.5) is 5.69 Å². The Bertz CT molecular complexity index is 570. The van der Waals surface area contributed by atoms with E-state index in [9.17, 15) is 0 Å². The van der Waals surface area contributed by atoms with Crippen molar-refractivity contribution < 1.29 is 4.74 Å². The summed E-state index contributed by atoms with van der Waals surface area (Å²) >= 11 is 0. The van der Waals surface area contributed by atoms with Gasteiger partial charge in [0.05, 0.1) is 24.1 Å². The van der Waals surface area contributed by atoms with Crippen molar-refractivity contribution in [2.45, 2.75) is 32.6 Å². The summed E-state index contributed by atoms with van der Waals surface area (Å²) in [6, 6.07) is 3.83. The van der Waals surface area contributed by atoms with E-state index in [0.29, 0.717) is 0 Å². The van der Waals surface area contributed by atoms with Gasteiger partial charge in [-0.3, -0.25) is 4.90 Å². The molecule has 0 radical (unpaired) electrons. The van der Waals surface area contributed by atoms with Gasteiger partial charge in [0.15, 0.2) is 0 Å². The summed E-state index contributed by atoms with van der Waals surface area (Å²) in [4.78, 5) is 6.82. The quantitative estimate of drug-likeness (QED) is 0.889. The first-order valence-electron chi connectivity index (χ1n) is 6.71. The molecule has 0 saturated carbocycles. The number of nitrogens with zero attached hydrogens (tertiary/aromatic N) is 3. The second-order valence-corrected chi connectivity index (χ2v) is 5.39. The largest absolute Gasteiger partial charge is 0.398 e. The molecule has 1 saturated heterocycles. The number of nitrogens with two attached hydrogens (primary N) is 1.